The van der Waals surface area contributed by atoms with Crippen LogP contribution < -0.4 is 11.2 Å². The summed E-state index contributed by atoms with van der Waals surface area (Å²) in [6, 6.07) is 1.17. The standard InChI is InChI=1S/C5H5N2O2/c1-7-4(8)2-3-6-5(7)9/h2H,1H3,(H,6,9). The zero-order chi connectivity index (χ0) is 6.85. The van der Waals surface area contributed by atoms with Crippen LogP contribution in [0.25, 0.3) is 0 Å². The molecule has 0 unspecified atom stereocenters. The van der Waals surface area contributed by atoms with E-state index in [2.05, 4.69) is 11.2 Å². The minimum atomic E-state index is -0.442. The Balaban J connectivity index is 3.62. The van der Waals surface area contributed by atoms with Gasteiger partial charge in [-0.1, -0.05) is 0 Å². The molecule has 9 heavy (non-hydrogen) atoms. The molecule has 0 aliphatic heterocycles. The normalized spacial score (nSPS) is 9.44. The lowest BCUT2D eigenvalue weighted by Gasteiger charge is -1.88. The topological polar surface area (TPSA) is 54.9 Å². The number of hydrogen-bond donors (Lipinski definition) is 1. The summed E-state index contributed by atoms with van der Waals surface area (Å²) in [5, 5.41) is 0. The summed E-state index contributed by atoms with van der Waals surface area (Å²) in [6.45, 7) is 0. The van der Waals surface area contributed by atoms with Crippen LogP contribution in [0.15, 0.2) is 15.7 Å². The van der Waals surface area contributed by atoms with Gasteiger partial charge < -0.3 is 4.98 Å². The molecule has 1 heterocycles. The van der Waals surface area contributed by atoms with Gasteiger partial charge in [-0.25, -0.2) is 4.79 Å². The van der Waals surface area contributed by atoms with Gasteiger partial charge in [0.1, 0.15) is 0 Å². The summed E-state index contributed by atoms with van der Waals surface area (Å²) in [4.78, 5) is 23.3. The first-order valence-electron chi connectivity index (χ1n) is 2.38. The first-order chi connectivity index (χ1) is 4.22. The van der Waals surface area contributed by atoms with Crippen molar-refractivity contribution in [1.82, 2.24) is 9.55 Å². The van der Waals surface area contributed by atoms with Crippen molar-refractivity contribution in [3.8, 4) is 0 Å². The van der Waals surface area contributed by atoms with E-state index in [4.69, 9.17) is 0 Å². The van der Waals surface area contributed by atoms with Crippen molar-refractivity contribution < 1.29 is 0 Å². The molecule has 0 fully saturated rings. The highest BCUT2D eigenvalue weighted by atomic mass is 16.2. The molecule has 4 heteroatoms. The highest BCUT2D eigenvalue weighted by Crippen LogP contribution is 1.56. The lowest BCUT2D eigenvalue weighted by molar-refractivity contribution is 0.773. The van der Waals surface area contributed by atoms with Crippen LogP contribution >= 0.6 is 0 Å². The van der Waals surface area contributed by atoms with E-state index >= 15 is 0 Å². The fourth-order valence-electron chi connectivity index (χ4n) is 0.440. The zero-order valence-corrected chi connectivity index (χ0v) is 4.84. The Hall–Kier alpha value is -1.32. The summed E-state index contributed by atoms with van der Waals surface area (Å²) < 4.78 is 0.969. The minimum absolute atomic E-state index is 0.348. The maximum Gasteiger partial charge on any atom is 0.328 e. The molecule has 47 valence electrons. The van der Waals surface area contributed by atoms with Gasteiger partial charge in [0, 0.05) is 13.1 Å². The van der Waals surface area contributed by atoms with Crippen molar-refractivity contribution in [2.75, 3.05) is 0 Å². The van der Waals surface area contributed by atoms with Gasteiger partial charge in [-0.2, -0.15) is 0 Å². The number of aromatic amines is 1. The molecule has 0 aromatic carbocycles. The van der Waals surface area contributed by atoms with Gasteiger partial charge in [-0.15, -0.1) is 0 Å². The molecule has 1 aromatic rings. The van der Waals surface area contributed by atoms with Crippen LogP contribution in [0.1, 0.15) is 0 Å². The number of H-pyrrole nitrogens is 1. The van der Waals surface area contributed by atoms with Crippen molar-refractivity contribution in [1.29, 1.82) is 0 Å². The third kappa shape index (κ3) is 0.910. The molecule has 4 nitrogen and oxygen atoms in total. The predicted octanol–water partition coefficient (Wildman–Crippen LogP) is -1.13. The number of nitrogens with one attached hydrogen (secondary N) is 1. The van der Waals surface area contributed by atoms with E-state index in [9.17, 15) is 9.59 Å². The average Bonchev–Trinajstić information content (AvgIpc) is 1.83. The van der Waals surface area contributed by atoms with Crippen molar-refractivity contribution in [3.05, 3.63) is 33.1 Å². The summed E-state index contributed by atoms with van der Waals surface area (Å²) >= 11 is 0. The number of hydrogen-bond acceptors (Lipinski definition) is 2. The molecule has 0 aliphatic rings. The van der Waals surface area contributed by atoms with Gasteiger partial charge in [-0.05, 0) is 0 Å². The quantitative estimate of drug-likeness (QED) is 0.477. The molecule has 0 saturated carbocycles. The molecular formula is C5H5N2O2. The van der Waals surface area contributed by atoms with Crippen LogP contribution in [0.2, 0.25) is 0 Å². The van der Waals surface area contributed by atoms with E-state index < -0.39 is 5.69 Å². The lowest BCUT2D eigenvalue weighted by Crippen LogP contribution is -2.30. The monoisotopic (exact) mass is 125 g/mol. The maximum absolute atomic E-state index is 10.6. The highest BCUT2D eigenvalue weighted by molar-refractivity contribution is 4.79. The third-order valence-electron chi connectivity index (χ3n) is 1.01. The Labute approximate surface area is 50.8 Å². The van der Waals surface area contributed by atoms with Crippen LogP contribution in [0.4, 0.5) is 0 Å². The first-order valence-corrected chi connectivity index (χ1v) is 2.38. The smallest absolute Gasteiger partial charge is 0.305 e. The molecule has 1 radical (unpaired) electrons. The van der Waals surface area contributed by atoms with Crippen LogP contribution in [-0.4, -0.2) is 9.55 Å². The molecule has 0 bridgehead atoms. The van der Waals surface area contributed by atoms with Crippen molar-refractivity contribution >= 4 is 0 Å². The van der Waals surface area contributed by atoms with Gasteiger partial charge in [0.25, 0.3) is 5.56 Å². The van der Waals surface area contributed by atoms with Crippen LogP contribution in [-0.2, 0) is 7.05 Å². The van der Waals surface area contributed by atoms with Crippen molar-refractivity contribution in [3.63, 3.8) is 0 Å². The largest absolute Gasteiger partial charge is 0.328 e. The molecule has 1 rings (SSSR count). The van der Waals surface area contributed by atoms with E-state index in [1.54, 1.807) is 0 Å². The van der Waals surface area contributed by atoms with Crippen LogP contribution in [0.3, 0.4) is 0 Å². The minimum Gasteiger partial charge on any atom is -0.305 e. The van der Waals surface area contributed by atoms with Gasteiger partial charge in [0.15, 0.2) is 0 Å². The average molecular weight is 125 g/mol. The second-order valence-electron chi connectivity index (χ2n) is 1.62. The number of nitrogens with zero attached hydrogens (tertiary/aromatic N) is 1. The van der Waals surface area contributed by atoms with E-state index in [-0.39, 0.29) is 5.56 Å². The second-order valence-corrected chi connectivity index (χ2v) is 1.62. The summed E-state index contributed by atoms with van der Waals surface area (Å²) in [7, 11) is 1.40. The van der Waals surface area contributed by atoms with Crippen LogP contribution in [0, 0.1) is 6.20 Å². The Morgan fingerprint density at radius 2 is 2.33 bits per heavy atom. The van der Waals surface area contributed by atoms with Crippen LogP contribution in [0.5, 0.6) is 0 Å². The fraction of sp³-hybridized carbons (Fsp3) is 0.200. The molecule has 0 spiro atoms. The maximum atomic E-state index is 10.6. The van der Waals surface area contributed by atoms with E-state index in [0.29, 0.717) is 0 Å². The number of aromatic nitrogens is 2. The van der Waals surface area contributed by atoms with Crippen molar-refractivity contribution in [2.45, 2.75) is 0 Å². The molecule has 1 N–H and O–H groups in total. The van der Waals surface area contributed by atoms with Gasteiger partial charge >= 0.3 is 5.69 Å². The van der Waals surface area contributed by atoms with E-state index in [1.165, 1.54) is 13.1 Å². The van der Waals surface area contributed by atoms with Gasteiger partial charge in [-0.3, -0.25) is 9.36 Å². The van der Waals surface area contributed by atoms with Crippen molar-refractivity contribution in [2.24, 2.45) is 7.05 Å². The van der Waals surface area contributed by atoms with E-state index in [0.717, 1.165) is 4.57 Å². The molecule has 0 aliphatic carbocycles. The zero-order valence-electron chi connectivity index (χ0n) is 4.84. The van der Waals surface area contributed by atoms with Gasteiger partial charge in [0.2, 0.25) is 0 Å². The SMILES string of the molecule is Cn1c(=O)c[c][nH]c1=O. The molecule has 0 saturated heterocycles. The summed E-state index contributed by atoms with van der Waals surface area (Å²) in [5.41, 5.74) is -0.791. The molecule has 1 aromatic heterocycles. The Morgan fingerprint density at radius 3 is 2.78 bits per heavy atom. The van der Waals surface area contributed by atoms with Gasteiger partial charge in [0.05, 0.1) is 6.20 Å². The molecule has 0 atom stereocenters. The summed E-state index contributed by atoms with van der Waals surface area (Å²) in [6.07, 6.45) is 2.30. The first kappa shape index (κ1) is 5.81. The highest BCUT2D eigenvalue weighted by Gasteiger charge is 1.89. The molecule has 0 amide bonds. The molecular weight excluding hydrogens is 120 g/mol. The van der Waals surface area contributed by atoms with E-state index in [1.807, 2.05) is 0 Å². The second kappa shape index (κ2) is 1.89. The number of rotatable bonds is 0. The third-order valence-corrected chi connectivity index (χ3v) is 1.01. The Morgan fingerprint density at radius 1 is 1.67 bits per heavy atom. The Kier molecular flexibility index (Phi) is 1.22. The lowest BCUT2D eigenvalue weighted by atomic mass is 10.6. The predicted molar refractivity (Wildman–Crippen MR) is 31.1 cm³/mol. The fourth-order valence-corrected chi connectivity index (χ4v) is 0.440. The Bertz CT molecular complexity index is 281. The summed E-state index contributed by atoms with van der Waals surface area (Å²) in [5.74, 6) is 0.